The van der Waals surface area contributed by atoms with E-state index in [1.807, 2.05) is 0 Å². The monoisotopic (exact) mass is 272 g/mol. The molecule has 0 bridgehead atoms. The molecule has 0 aliphatic carbocycles. The van der Waals surface area contributed by atoms with E-state index in [1.165, 1.54) is 14.0 Å². The lowest BCUT2D eigenvalue weighted by Crippen LogP contribution is -1.95. The van der Waals surface area contributed by atoms with Crippen molar-refractivity contribution in [3.63, 3.8) is 0 Å². The number of ether oxygens (including phenoxy) is 2. The number of aliphatic hydroxyl groups excluding tert-OH is 1. The molecule has 1 N–H and O–H groups in total. The Kier molecular flexibility index (Phi) is 4.38. The van der Waals surface area contributed by atoms with Crippen LogP contribution in [0.25, 0.3) is 0 Å². The van der Waals surface area contributed by atoms with Crippen LogP contribution in [0.4, 0.5) is 0 Å². The van der Waals surface area contributed by atoms with E-state index >= 15 is 0 Å². The van der Waals surface area contributed by atoms with Gasteiger partial charge in [-0.05, 0) is 36.8 Å². The third kappa shape index (κ3) is 3.16. The Labute approximate surface area is 117 Å². The number of carbonyl (C=O) groups excluding carboxylic acids is 1. The summed E-state index contributed by atoms with van der Waals surface area (Å²) in [6.07, 6.45) is 0. The maximum Gasteiger partial charge on any atom is 0.169 e. The molecule has 0 radical (unpaired) electrons. The SMILES string of the molecule is COc1cc(CO)ccc1Oc1cccc(C(C)=O)c1. The molecule has 4 heteroatoms. The van der Waals surface area contributed by atoms with E-state index in [4.69, 9.17) is 14.6 Å². The molecule has 0 fully saturated rings. The first-order valence-corrected chi connectivity index (χ1v) is 6.20. The van der Waals surface area contributed by atoms with Gasteiger partial charge in [-0.15, -0.1) is 0 Å². The fourth-order valence-electron chi connectivity index (χ4n) is 1.80. The van der Waals surface area contributed by atoms with Crippen LogP contribution >= 0.6 is 0 Å². The molecule has 0 saturated carbocycles. The number of hydrogen-bond acceptors (Lipinski definition) is 4. The average Bonchev–Trinajstić information content (AvgIpc) is 2.48. The van der Waals surface area contributed by atoms with Gasteiger partial charge in [0.25, 0.3) is 0 Å². The standard InChI is InChI=1S/C16H16O4/c1-11(18)13-4-3-5-14(9-13)20-15-7-6-12(10-17)8-16(15)19-2/h3-9,17H,10H2,1-2H3. The van der Waals surface area contributed by atoms with Crippen molar-refractivity contribution in [2.24, 2.45) is 0 Å². The number of benzene rings is 2. The average molecular weight is 272 g/mol. The fraction of sp³-hybridized carbons (Fsp3) is 0.188. The molecule has 0 amide bonds. The maximum absolute atomic E-state index is 11.3. The Hall–Kier alpha value is -2.33. The summed E-state index contributed by atoms with van der Waals surface area (Å²) < 4.78 is 11.0. The van der Waals surface area contributed by atoms with Gasteiger partial charge in [0.05, 0.1) is 13.7 Å². The van der Waals surface area contributed by atoms with Gasteiger partial charge in [0, 0.05) is 5.56 Å². The molecular formula is C16H16O4. The number of Topliss-reactive ketones (excluding diaryl/α,β-unsaturated/α-hetero) is 1. The third-order valence-corrected chi connectivity index (χ3v) is 2.88. The van der Waals surface area contributed by atoms with Crippen LogP contribution in [0, 0.1) is 0 Å². The van der Waals surface area contributed by atoms with Gasteiger partial charge in [-0.3, -0.25) is 4.79 Å². The number of methoxy groups -OCH3 is 1. The van der Waals surface area contributed by atoms with Crippen LogP contribution in [-0.2, 0) is 6.61 Å². The third-order valence-electron chi connectivity index (χ3n) is 2.88. The Balaban J connectivity index is 2.29. The summed E-state index contributed by atoms with van der Waals surface area (Å²) in [5.74, 6) is 1.61. The summed E-state index contributed by atoms with van der Waals surface area (Å²) in [5.41, 5.74) is 1.33. The van der Waals surface area contributed by atoms with Crippen molar-refractivity contribution in [1.82, 2.24) is 0 Å². The molecule has 104 valence electrons. The highest BCUT2D eigenvalue weighted by atomic mass is 16.5. The van der Waals surface area contributed by atoms with Gasteiger partial charge in [-0.1, -0.05) is 18.2 Å². The zero-order chi connectivity index (χ0) is 14.5. The molecule has 0 atom stereocenters. The second-order valence-corrected chi connectivity index (χ2v) is 4.33. The van der Waals surface area contributed by atoms with Gasteiger partial charge in [0.15, 0.2) is 17.3 Å². The molecule has 0 spiro atoms. The van der Waals surface area contributed by atoms with Crippen molar-refractivity contribution < 1.29 is 19.4 Å². The molecular weight excluding hydrogens is 256 g/mol. The van der Waals surface area contributed by atoms with Gasteiger partial charge in [-0.25, -0.2) is 0 Å². The molecule has 2 aromatic carbocycles. The topological polar surface area (TPSA) is 55.8 Å². The number of rotatable bonds is 5. The Morgan fingerprint density at radius 1 is 1.15 bits per heavy atom. The normalized spacial score (nSPS) is 10.2. The second kappa shape index (κ2) is 6.21. The molecule has 0 aliphatic heterocycles. The van der Waals surface area contributed by atoms with Crippen LogP contribution in [-0.4, -0.2) is 18.0 Å². The van der Waals surface area contributed by atoms with Crippen LogP contribution < -0.4 is 9.47 Å². The Morgan fingerprint density at radius 3 is 2.60 bits per heavy atom. The van der Waals surface area contributed by atoms with Crippen LogP contribution in [0.15, 0.2) is 42.5 Å². The lowest BCUT2D eigenvalue weighted by atomic mass is 10.1. The molecule has 2 aromatic rings. The van der Waals surface area contributed by atoms with E-state index in [9.17, 15) is 4.79 Å². The molecule has 0 aromatic heterocycles. The summed E-state index contributed by atoms with van der Waals surface area (Å²) in [6, 6.07) is 12.1. The summed E-state index contributed by atoms with van der Waals surface area (Å²) in [7, 11) is 1.54. The first-order chi connectivity index (χ1) is 9.63. The van der Waals surface area contributed by atoms with Crippen LogP contribution in [0.2, 0.25) is 0 Å². The lowest BCUT2D eigenvalue weighted by Gasteiger charge is -2.11. The molecule has 0 unspecified atom stereocenters. The zero-order valence-electron chi connectivity index (χ0n) is 11.4. The fourth-order valence-corrected chi connectivity index (χ4v) is 1.80. The van der Waals surface area contributed by atoms with E-state index in [0.717, 1.165) is 5.56 Å². The van der Waals surface area contributed by atoms with E-state index in [2.05, 4.69) is 0 Å². The predicted octanol–water partition coefficient (Wildman–Crippen LogP) is 3.18. The highest BCUT2D eigenvalue weighted by molar-refractivity contribution is 5.94. The van der Waals surface area contributed by atoms with E-state index in [0.29, 0.717) is 22.8 Å². The van der Waals surface area contributed by atoms with Gasteiger partial charge >= 0.3 is 0 Å². The minimum atomic E-state index is -0.0591. The zero-order valence-corrected chi connectivity index (χ0v) is 11.4. The number of hydrogen-bond donors (Lipinski definition) is 1. The second-order valence-electron chi connectivity index (χ2n) is 4.33. The first-order valence-electron chi connectivity index (χ1n) is 6.20. The highest BCUT2D eigenvalue weighted by Crippen LogP contribution is 2.32. The quantitative estimate of drug-likeness (QED) is 0.849. The van der Waals surface area contributed by atoms with E-state index < -0.39 is 0 Å². The lowest BCUT2D eigenvalue weighted by molar-refractivity contribution is 0.101. The van der Waals surface area contributed by atoms with E-state index in [1.54, 1.807) is 42.5 Å². The van der Waals surface area contributed by atoms with Crippen LogP contribution in [0.1, 0.15) is 22.8 Å². The van der Waals surface area contributed by atoms with Crippen molar-refractivity contribution in [3.8, 4) is 17.2 Å². The smallest absolute Gasteiger partial charge is 0.169 e. The van der Waals surface area contributed by atoms with Crippen LogP contribution in [0.5, 0.6) is 17.2 Å². The molecule has 0 aliphatic rings. The minimum Gasteiger partial charge on any atom is -0.493 e. The molecule has 2 rings (SSSR count). The largest absolute Gasteiger partial charge is 0.493 e. The summed E-state index contributed by atoms with van der Waals surface area (Å²) in [6.45, 7) is 1.45. The summed E-state index contributed by atoms with van der Waals surface area (Å²) >= 11 is 0. The Bertz CT molecular complexity index is 620. The van der Waals surface area contributed by atoms with Gasteiger partial charge in [-0.2, -0.15) is 0 Å². The molecule has 0 heterocycles. The van der Waals surface area contributed by atoms with Crippen molar-refractivity contribution in [1.29, 1.82) is 0 Å². The highest BCUT2D eigenvalue weighted by Gasteiger charge is 2.08. The summed E-state index contributed by atoms with van der Waals surface area (Å²) in [5, 5.41) is 9.10. The Morgan fingerprint density at radius 2 is 1.95 bits per heavy atom. The minimum absolute atomic E-state index is 0.0157. The predicted molar refractivity (Wildman–Crippen MR) is 75.4 cm³/mol. The number of carbonyl (C=O) groups is 1. The molecule has 0 saturated heterocycles. The first kappa shape index (κ1) is 14.1. The van der Waals surface area contributed by atoms with Crippen molar-refractivity contribution in [2.45, 2.75) is 13.5 Å². The number of aliphatic hydroxyl groups is 1. The number of ketones is 1. The molecule has 20 heavy (non-hydrogen) atoms. The summed E-state index contributed by atoms with van der Waals surface area (Å²) in [4.78, 5) is 11.3. The van der Waals surface area contributed by atoms with Crippen molar-refractivity contribution >= 4 is 5.78 Å². The molecule has 4 nitrogen and oxygen atoms in total. The van der Waals surface area contributed by atoms with Gasteiger partial charge in [0.1, 0.15) is 5.75 Å². The van der Waals surface area contributed by atoms with Gasteiger partial charge < -0.3 is 14.6 Å². The maximum atomic E-state index is 11.3. The van der Waals surface area contributed by atoms with Crippen molar-refractivity contribution in [2.75, 3.05) is 7.11 Å². The van der Waals surface area contributed by atoms with Crippen molar-refractivity contribution in [3.05, 3.63) is 53.6 Å². The van der Waals surface area contributed by atoms with Crippen LogP contribution in [0.3, 0.4) is 0 Å². The van der Waals surface area contributed by atoms with E-state index in [-0.39, 0.29) is 12.4 Å². The van der Waals surface area contributed by atoms with Gasteiger partial charge in [0.2, 0.25) is 0 Å².